The van der Waals surface area contributed by atoms with Crippen molar-refractivity contribution in [3.05, 3.63) is 93.5 Å². The number of ether oxygens (including phenoxy) is 4. The summed E-state index contributed by atoms with van der Waals surface area (Å²) in [4.78, 5) is 50.2. The number of esters is 4. The number of hydrogen-bond donors (Lipinski definition) is 0. The van der Waals surface area contributed by atoms with E-state index in [4.69, 9.17) is 24.0 Å². The van der Waals surface area contributed by atoms with Gasteiger partial charge >= 0.3 is 23.9 Å². The quantitative estimate of drug-likeness (QED) is 0.128. The van der Waals surface area contributed by atoms with Crippen LogP contribution in [0.1, 0.15) is 37.4 Å². The van der Waals surface area contributed by atoms with Crippen LogP contribution in [0.2, 0.25) is 0 Å². The van der Waals surface area contributed by atoms with Gasteiger partial charge in [0.15, 0.2) is 0 Å². The normalized spacial score (nSPS) is 11.6. The number of benzene rings is 2. The highest BCUT2D eigenvalue weighted by molar-refractivity contribution is 8.18. The lowest BCUT2D eigenvalue weighted by Gasteiger charge is -2.12. The minimum Gasteiger partial charge on any atom is -0.466 e. The number of carbonyl (C=O) groups is 4. The Balaban J connectivity index is 2.38. The van der Waals surface area contributed by atoms with Crippen molar-refractivity contribution in [1.82, 2.24) is 4.68 Å². The van der Waals surface area contributed by atoms with E-state index in [1.54, 1.807) is 24.3 Å². The molecule has 0 N–H and O–H groups in total. The van der Waals surface area contributed by atoms with Gasteiger partial charge in [-0.15, -0.1) is 0 Å². The molecule has 0 aliphatic rings. The summed E-state index contributed by atoms with van der Waals surface area (Å²) in [5, 5.41) is 4.99. The van der Waals surface area contributed by atoms with Crippen molar-refractivity contribution in [3.63, 3.8) is 0 Å². The molecule has 0 fully saturated rings. The molecule has 0 saturated carbocycles. The van der Waals surface area contributed by atoms with Crippen LogP contribution in [0, 0.1) is 13.8 Å². The van der Waals surface area contributed by atoms with Gasteiger partial charge in [0.1, 0.15) is 15.5 Å². The number of nitrogens with zero attached hydrogens (tertiary/aromatic N) is 2. The summed E-state index contributed by atoms with van der Waals surface area (Å²) in [7, 11) is 4.77. The van der Waals surface area contributed by atoms with Crippen LogP contribution < -0.4 is 0 Å². The minimum atomic E-state index is -0.785. The molecule has 208 valence electrons. The zero-order chi connectivity index (χ0) is 29.4. The summed E-state index contributed by atoms with van der Waals surface area (Å²) in [6, 6.07) is 14.5. The molecule has 3 aromatic rings. The molecule has 0 aliphatic carbocycles. The maximum absolute atomic E-state index is 13.0. The fourth-order valence-electron chi connectivity index (χ4n) is 3.57. The van der Waals surface area contributed by atoms with Crippen molar-refractivity contribution < 1.29 is 38.1 Å². The Kier molecular flexibility index (Phi) is 10.0. The van der Waals surface area contributed by atoms with Gasteiger partial charge in [-0.1, -0.05) is 71.4 Å². The van der Waals surface area contributed by atoms with Gasteiger partial charge in [-0.05, 0) is 13.8 Å². The van der Waals surface area contributed by atoms with E-state index < -0.39 is 23.9 Å². The monoisotopic (exact) mass is 564 g/mol. The Hall–Kier alpha value is -4.64. The molecule has 2 aromatic carbocycles. The molecule has 0 radical (unpaired) electrons. The molecule has 11 heteroatoms. The van der Waals surface area contributed by atoms with Crippen molar-refractivity contribution in [2.75, 3.05) is 28.4 Å². The van der Waals surface area contributed by atoms with Gasteiger partial charge in [0.05, 0.1) is 39.7 Å². The van der Waals surface area contributed by atoms with Gasteiger partial charge in [0.2, 0.25) is 0 Å². The van der Waals surface area contributed by atoms with Gasteiger partial charge < -0.3 is 18.9 Å². The maximum atomic E-state index is 13.0. The van der Waals surface area contributed by atoms with Crippen LogP contribution in [0.25, 0.3) is 11.3 Å². The molecule has 1 aromatic heterocycles. The lowest BCUT2D eigenvalue weighted by molar-refractivity contribution is -0.137. The highest BCUT2D eigenvalue weighted by Gasteiger charge is 2.29. The second-order valence-corrected chi connectivity index (χ2v) is 9.39. The average Bonchev–Trinajstić information content (AvgIpc) is 3.34. The van der Waals surface area contributed by atoms with Crippen molar-refractivity contribution in [2.24, 2.45) is 5.10 Å². The van der Waals surface area contributed by atoms with Gasteiger partial charge in [-0.2, -0.15) is 5.10 Å². The van der Waals surface area contributed by atoms with Crippen molar-refractivity contribution in [2.45, 2.75) is 13.8 Å². The molecular formula is C29H28N2O8S. The van der Waals surface area contributed by atoms with Crippen LogP contribution in [-0.4, -0.2) is 62.0 Å². The van der Waals surface area contributed by atoms with E-state index in [2.05, 4.69) is 0 Å². The third-order valence-corrected chi connectivity index (χ3v) is 6.66. The van der Waals surface area contributed by atoms with E-state index in [-0.39, 0.29) is 26.8 Å². The summed E-state index contributed by atoms with van der Waals surface area (Å²) < 4.78 is 20.8. The third-order valence-electron chi connectivity index (χ3n) is 5.65. The summed E-state index contributed by atoms with van der Waals surface area (Å²) in [6.07, 6.45) is 2.35. The molecule has 10 nitrogen and oxygen atoms in total. The number of methoxy groups -OCH3 is 4. The molecule has 0 saturated heterocycles. The Morgan fingerprint density at radius 2 is 1.35 bits per heavy atom. The molecule has 0 bridgehead atoms. The molecule has 40 heavy (non-hydrogen) atoms. The summed E-state index contributed by atoms with van der Waals surface area (Å²) >= 11 is 0.852. The van der Waals surface area contributed by atoms with Crippen molar-refractivity contribution in [1.29, 1.82) is 0 Å². The van der Waals surface area contributed by atoms with Gasteiger partial charge in [0.25, 0.3) is 0 Å². The molecule has 0 aliphatic heterocycles. The van der Waals surface area contributed by atoms with Crippen LogP contribution in [0.5, 0.6) is 0 Å². The summed E-state index contributed by atoms with van der Waals surface area (Å²) in [6.45, 7) is 3.83. The smallest absolute Gasteiger partial charge is 0.345 e. The largest absolute Gasteiger partial charge is 0.466 e. The molecule has 0 spiro atoms. The zero-order valence-electron chi connectivity index (χ0n) is 22.8. The highest BCUT2D eigenvalue weighted by atomic mass is 32.2. The molecule has 0 unspecified atom stereocenters. The van der Waals surface area contributed by atoms with E-state index >= 15 is 0 Å². The van der Waals surface area contributed by atoms with Gasteiger partial charge in [0, 0.05) is 23.4 Å². The first-order valence-corrected chi connectivity index (χ1v) is 12.7. The lowest BCUT2D eigenvalue weighted by Crippen LogP contribution is -2.11. The molecule has 0 amide bonds. The van der Waals surface area contributed by atoms with Gasteiger partial charge in [-0.3, -0.25) is 0 Å². The van der Waals surface area contributed by atoms with E-state index in [9.17, 15) is 19.2 Å². The predicted molar refractivity (Wildman–Crippen MR) is 150 cm³/mol. The zero-order valence-corrected chi connectivity index (χ0v) is 23.7. The summed E-state index contributed by atoms with van der Waals surface area (Å²) in [5.41, 5.74) is 3.25. The number of carbonyl (C=O) groups excluding carboxylic acids is 4. The maximum Gasteiger partial charge on any atom is 0.345 e. The number of thioether (sulfide) groups is 1. The van der Waals surface area contributed by atoms with E-state index in [0.717, 1.165) is 29.0 Å². The Labute approximate surface area is 235 Å². The highest BCUT2D eigenvalue weighted by Crippen LogP contribution is 2.32. The molecule has 0 atom stereocenters. The van der Waals surface area contributed by atoms with Crippen LogP contribution in [0.4, 0.5) is 0 Å². The van der Waals surface area contributed by atoms with Crippen LogP contribution in [0.3, 0.4) is 0 Å². The predicted octanol–water partition coefficient (Wildman–Crippen LogP) is 4.52. The van der Waals surface area contributed by atoms with Crippen LogP contribution in [-0.2, 0) is 28.5 Å². The SMILES string of the molecule is COC(=O)/C=C(\S/C(=N\n1cc(C(=O)OC)c(C(=O)OC)c1-c1ccc(C)cc1)c1ccc(C)cc1)C(=O)OC. The lowest BCUT2D eigenvalue weighted by atomic mass is 10.0. The first-order chi connectivity index (χ1) is 19.1. The number of aromatic nitrogens is 1. The fourth-order valence-corrected chi connectivity index (χ4v) is 4.48. The van der Waals surface area contributed by atoms with Gasteiger partial charge in [-0.25, -0.2) is 23.9 Å². The molecule has 3 rings (SSSR count). The average molecular weight is 565 g/mol. The molecule has 1 heterocycles. The standard InChI is InChI=1S/C29H28N2O8S/c1-17-7-11-19(12-8-17)25-24(29(35)39-6)21(27(33)37-4)16-31(25)30-26(20-13-9-18(2)10-14-20)40-22(28(34)38-5)15-23(32)36-3/h7-16H,1-6H3/b22-15-,30-26-. The van der Waals surface area contributed by atoms with Crippen molar-refractivity contribution >= 4 is 40.7 Å². The second kappa shape index (κ2) is 13.4. The third kappa shape index (κ3) is 6.86. The first-order valence-electron chi connectivity index (χ1n) is 11.8. The molecular weight excluding hydrogens is 536 g/mol. The summed E-state index contributed by atoms with van der Waals surface area (Å²) in [5.74, 6) is -3.09. The number of aryl methyl sites for hydroxylation is 2. The second-order valence-electron chi connectivity index (χ2n) is 8.36. The topological polar surface area (TPSA) is 122 Å². The Bertz CT molecular complexity index is 1490. The van der Waals surface area contributed by atoms with Crippen LogP contribution >= 0.6 is 11.8 Å². The Morgan fingerprint density at radius 1 is 0.775 bits per heavy atom. The first kappa shape index (κ1) is 29.9. The van der Waals surface area contributed by atoms with E-state index in [1.165, 1.54) is 39.3 Å². The number of hydrogen-bond acceptors (Lipinski definition) is 10. The number of rotatable bonds is 8. The minimum absolute atomic E-state index is 0.0477. The van der Waals surface area contributed by atoms with Crippen molar-refractivity contribution in [3.8, 4) is 11.3 Å². The van der Waals surface area contributed by atoms with Crippen LogP contribution in [0.15, 0.2) is 70.8 Å². The van der Waals surface area contributed by atoms with E-state index in [0.29, 0.717) is 11.1 Å². The Morgan fingerprint density at radius 3 is 1.88 bits per heavy atom. The van der Waals surface area contributed by atoms with E-state index in [1.807, 2.05) is 38.1 Å². The fraction of sp³-hybridized carbons (Fsp3) is 0.207.